The third kappa shape index (κ3) is 3.78. The lowest BCUT2D eigenvalue weighted by atomic mass is 10.1. The molecular formula is C15H15FN2O2. The molecule has 2 rings (SSSR count). The van der Waals surface area contributed by atoms with Crippen LogP contribution in [0.15, 0.2) is 42.6 Å². The lowest BCUT2D eigenvalue weighted by molar-refractivity contribution is 0.0697. The molecule has 1 aromatic carbocycles. The highest BCUT2D eigenvalue weighted by molar-refractivity contribution is 5.93. The van der Waals surface area contributed by atoms with E-state index >= 15 is 0 Å². The van der Waals surface area contributed by atoms with Crippen molar-refractivity contribution in [1.82, 2.24) is 4.98 Å². The number of nitrogens with zero attached hydrogens (tertiary/aromatic N) is 1. The van der Waals surface area contributed by atoms with Gasteiger partial charge in [-0.2, -0.15) is 0 Å². The van der Waals surface area contributed by atoms with Gasteiger partial charge in [0.25, 0.3) is 0 Å². The van der Waals surface area contributed by atoms with Gasteiger partial charge in [-0.15, -0.1) is 0 Å². The van der Waals surface area contributed by atoms with Crippen LogP contribution in [0.2, 0.25) is 0 Å². The maximum absolute atomic E-state index is 13.0. The quantitative estimate of drug-likeness (QED) is 0.795. The smallest absolute Gasteiger partial charge is 0.339 e. The Morgan fingerprint density at radius 2 is 2.05 bits per heavy atom. The molecule has 20 heavy (non-hydrogen) atoms. The van der Waals surface area contributed by atoms with E-state index in [9.17, 15) is 9.18 Å². The standard InChI is InChI=1S/C15H15FN2O2/c16-12-9-13(15(19)20)14(18-10-12)17-8-4-7-11-5-2-1-3-6-11/h1-3,5-6,9-10H,4,7-8H2,(H,17,18)(H,19,20). The van der Waals surface area contributed by atoms with Crippen molar-refractivity contribution in [2.75, 3.05) is 11.9 Å². The zero-order valence-corrected chi connectivity index (χ0v) is 10.8. The number of halogens is 1. The van der Waals surface area contributed by atoms with Crippen molar-refractivity contribution in [3.8, 4) is 0 Å². The Morgan fingerprint density at radius 3 is 2.75 bits per heavy atom. The second kappa shape index (κ2) is 6.65. The number of carboxylic acid groups (broad SMARTS) is 1. The number of carboxylic acids is 1. The summed E-state index contributed by atoms with van der Waals surface area (Å²) in [7, 11) is 0. The van der Waals surface area contributed by atoms with Crippen LogP contribution < -0.4 is 5.32 Å². The minimum atomic E-state index is -1.19. The molecule has 0 radical (unpaired) electrons. The fourth-order valence-electron chi connectivity index (χ4n) is 1.89. The van der Waals surface area contributed by atoms with E-state index in [0.717, 1.165) is 25.1 Å². The fourth-order valence-corrected chi connectivity index (χ4v) is 1.89. The molecule has 5 heteroatoms. The Bertz CT molecular complexity index is 588. The molecule has 0 aliphatic carbocycles. The molecule has 2 aromatic rings. The van der Waals surface area contributed by atoms with Gasteiger partial charge in [0.15, 0.2) is 0 Å². The minimum Gasteiger partial charge on any atom is -0.478 e. The van der Waals surface area contributed by atoms with E-state index in [0.29, 0.717) is 6.54 Å². The molecule has 0 spiro atoms. The van der Waals surface area contributed by atoms with Crippen LogP contribution in [0, 0.1) is 5.82 Å². The molecule has 2 N–H and O–H groups in total. The number of hydrogen-bond acceptors (Lipinski definition) is 3. The summed E-state index contributed by atoms with van der Waals surface area (Å²) in [5.74, 6) is -1.65. The Balaban J connectivity index is 1.90. The number of nitrogens with one attached hydrogen (secondary N) is 1. The number of anilines is 1. The molecule has 0 amide bonds. The van der Waals surface area contributed by atoms with Crippen LogP contribution >= 0.6 is 0 Å². The molecule has 4 nitrogen and oxygen atoms in total. The van der Waals surface area contributed by atoms with Crippen molar-refractivity contribution < 1.29 is 14.3 Å². The molecule has 0 saturated heterocycles. The molecule has 104 valence electrons. The van der Waals surface area contributed by atoms with Gasteiger partial charge in [-0.3, -0.25) is 0 Å². The third-order valence-electron chi connectivity index (χ3n) is 2.86. The van der Waals surface area contributed by atoms with Crippen molar-refractivity contribution in [1.29, 1.82) is 0 Å². The van der Waals surface area contributed by atoms with Crippen LogP contribution in [0.5, 0.6) is 0 Å². The van der Waals surface area contributed by atoms with Gasteiger partial charge in [-0.1, -0.05) is 30.3 Å². The number of pyridine rings is 1. The van der Waals surface area contributed by atoms with E-state index in [2.05, 4.69) is 10.3 Å². The van der Waals surface area contributed by atoms with Crippen LogP contribution in [0.3, 0.4) is 0 Å². The van der Waals surface area contributed by atoms with Crippen molar-refractivity contribution in [2.45, 2.75) is 12.8 Å². The number of rotatable bonds is 6. The molecule has 0 aliphatic heterocycles. The molecule has 0 aliphatic rings. The van der Waals surface area contributed by atoms with E-state index < -0.39 is 11.8 Å². The number of hydrogen-bond donors (Lipinski definition) is 2. The average Bonchev–Trinajstić information content (AvgIpc) is 2.45. The Kier molecular flexibility index (Phi) is 4.65. The summed E-state index contributed by atoms with van der Waals surface area (Å²) in [6.45, 7) is 0.577. The van der Waals surface area contributed by atoms with E-state index in [4.69, 9.17) is 5.11 Å². The highest BCUT2D eigenvalue weighted by Crippen LogP contribution is 2.13. The number of aromatic nitrogens is 1. The summed E-state index contributed by atoms with van der Waals surface area (Å²) in [6.07, 6.45) is 2.73. The van der Waals surface area contributed by atoms with Crippen molar-refractivity contribution in [3.63, 3.8) is 0 Å². The van der Waals surface area contributed by atoms with Crippen LogP contribution in [-0.4, -0.2) is 22.6 Å². The lowest BCUT2D eigenvalue weighted by Gasteiger charge is -2.08. The first kappa shape index (κ1) is 14.0. The summed E-state index contributed by atoms with van der Waals surface area (Å²) < 4.78 is 13.0. The maximum Gasteiger partial charge on any atom is 0.339 e. The highest BCUT2D eigenvalue weighted by atomic mass is 19.1. The van der Waals surface area contributed by atoms with Gasteiger partial charge in [0.2, 0.25) is 0 Å². The lowest BCUT2D eigenvalue weighted by Crippen LogP contribution is -2.10. The first-order valence-corrected chi connectivity index (χ1v) is 6.33. The SMILES string of the molecule is O=C(O)c1cc(F)cnc1NCCCc1ccccc1. The van der Waals surface area contributed by atoms with Gasteiger partial charge in [0, 0.05) is 6.54 Å². The van der Waals surface area contributed by atoms with Gasteiger partial charge in [0.05, 0.1) is 6.20 Å². The molecule has 0 atom stereocenters. The second-order valence-corrected chi connectivity index (χ2v) is 4.37. The van der Waals surface area contributed by atoms with E-state index in [1.165, 1.54) is 5.56 Å². The van der Waals surface area contributed by atoms with Gasteiger partial charge in [-0.05, 0) is 24.5 Å². The minimum absolute atomic E-state index is 0.148. The molecule has 0 saturated carbocycles. The van der Waals surface area contributed by atoms with Gasteiger partial charge in [-0.25, -0.2) is 14.2 Å². The number of aryl methyl sites for hydroxylation is 1. The second-order valence-electron chi connectivity index (χ2n) is 4.37. The topological polar surface area (TPSA) is 62.2 Å². The number of aromatic carboxylic acids is 1. The number of carbonyl (C=O) groups is 1. The van der Waals surface area contributed by atoms with Crippen molar-refractivity contribution in [2.24, 2.45) is 0 Å². The van der Waals surface area contributed by atoms with Crippen LogP contribution in [0.25, 0.3) is 0 Å². The summed E-state index contributed by atoms with van der Waals surface area (Å²) in [4.78, 5) is 14.8. The van der Waals surface area contributed by atoms with Crippen LogP contribution in [-0.2, 0) is 6.42 Å². The zero-order valence-electron chi connectivity index (χ0n) is 10.8. The fraction of sp³-hybridized carbons (Fsp3) is 0.200. The normalized spacial score (nSPS) is 10.2. The Morgan fingerprint density at radius 1 is 1.30 bits per heavy atom. The molecule has 0 unspecified atom stereocenters. The molecule has 1 heterocycles. The summed E-state index contributed by atoms with van der Waals surface area (Å²) in [5, 5.41) is 11.9. The van der Waals surface area contributed by atoms with Gasteiger partial charge >= 0.3 is 5.97 Å². The zero-order chi connectivity index (χ0) is 14.4. The van der Waals surface area contributed by atoms with E-state index in [1.807, 2.05) is 30.3 Å². The van der Waals surface area contributed by atoms with Gasteiger partial charge < -0.3 is 10.4 Å². The van der Waals surface area contributed by atoms with Crippen molar-refractivity contribution in [3.05, 3.63) is 59.5 Å². The first-order chi connectivity index (χ1) is 9.66. The van der Waals surface area contributed by atoms with Crippen molar-refractivity contribution >= 4 is 11.8 Å². The summed E-state index contributed by atoms with van der Waals surface area (Å²) in [6, 6.07) is 11.0. The summed E-state index contributed by atoms with van der Waals surface area (Å²) in [5.41, 5.74) is 1.07. The van der Waals surface area contributed by atoms with E-state index in [1.54, 1.807) is 0 Å². The molecule has 0 bridgehead atoms. The predicted molar refractivity (Wildman–Crippen MR) is 74.4 cm³/mol. The van der Waals surface area contributed by atoms with Crippen LogP contribution in [0.4, 0.5) is 10.2 Å². The molecule has 0 fully saturated rings. The van der Waals surface area contributed by atoms with Gasteiger partial charge in [0.1, 0.15) is 17.2 Å². The monoisotopic (exact) mass is 274 g/mol. The molecule has 1 aromatic heterocycles. The first-order valence-electron chi connectivity index (χ1n) is 6.33. The maximum atomic E-state index is 13.0. The van der Waals surface area contributed by atoms with E-state index in [-0.39, 0.29) is 11.4 Å². The van der Waals surface area contributed by atoms with Crippen LogP contribution in [0.1, 0.15) is 22.3 Å². The average molecular weight is 274 g/mol. The molecular weight excluding hydrogens is 259 g/mol. The summed E-state index contributed by atoms with van der Waals surface area (Å²) >= 11 is 0. The number of benzene rings is 1. The Hall–Kier alpha value is -2.43. The largest absolute Gasteiger partial charge is 0.478 e. The Labute approximate surface area is 116 Å². The highest BCUT2D eigenvalue weighted by Gasteiger charge is 2.12. The third-order valence-corrected chi connectivity index (χ3v) is 2.86. The predicted octanol–water partition coefficient (Wildman–Crippen LogP) is 2.96.